The molecule has 0 spiro atoms. The van der Waals surface area contributed by atoms with Gasteiger partial charge in [-0.15, -0.1) is 11.3 Å². The highest BCUT2D eigenvalue weighted by Gasteiger charge is 2.08. The molecule has 3 rings (SSSR count). The van der Waals surface area contributed by atoms with Crippen LogP contribution in [-0.4, -0.2) is 16.0 Å². The first-order chi connectivity index (χ1) is 13.5. The third kappa shape index (κ3) is 5.59. The van der Waals surface area contributed by atoms with Crippen LogP contribution in [-0.2, 0) is 4.79 Å². The molecule has 28 heavy (non-hydrogen) atoms. The van der Waals surface area contributed by atoms with Crippen LogP contribution in [0.5, 0.6) is 0 Å². The molecule has 0 bridgehead atoms. The van der Waals surface area contributed by atoms with Crippen molar-refractivity contribution in [3.63, 3.8) is 0 Å². The highest BCUT2D eigenvalue weighted by atomic mass is 32.1. The molecule has 3 aromatic rings. The van der Waals surface area contributed by atoms with E-state index >= 15 is 0 Å². The fraction of sp³-hybridized carbons (Fsp3) is 0.318. The molecule has 6 heteroatoms. The van der Waals surface area contributed by atoms with Gasteiger partial charge in [-0.1, -0.05) is 32.3 Å². The number of aromatic nitrogens is 1. The number of nitrogens with zero attached hydrogens (tertiary/aromatic N) is 1. The lowest BCUT2D eigenvalue weighted by molar-refractivity contribution is -0.119. The predicted molar refractivity (Wildman–Crippen MR) is 123 cm³/mol. The summed E-state index contributed by atoms with van der Waals surface area (Å²) in [5.41, 5.74) is 4.17. The molecule has 0 aliphatic rings. The van der Waals surface area contributed by atoms with Gasteiger partial charge in [-0.2, -0.15) is 0 Å². The molecular formula is C22H25N3OS2. The number of anilines is 1. The number of rotatable bonds is 7. The average molecular weight is 412 g/mol. The minimum Gasteiger partial charge on any atom is -0.332 e. The number of unbranched alkanes of at least 4 members (excludes halogenated alkanes) is 3. The lowest BCUT2D eigenvalue weighted by atomic mass is 10.1. The van der Waals surface area contributed by atoms with E-state index in [9.17, 15) is 4.79 Å². The normalized spacial score (nSPS) is 10.8. The van der Waals surface area contributed by atoms with Crippen LogP contribution in [0.2, 0.25) is 0 Å². The van der Waals surface area contributed by atoms with Crippen LogP contribution in [0.15, 0.2) is 42.5 Å². The number of benzene rings is 2. The van der Waals surface area contributed by atoms with Gasteiger partial charge in [0.05, 0.1) is 10.2 Å². The van der Waals surface area contributed by atoms with Gasteiger partial charge in [0.15, 0.2) is 5.11 Å². The van der Waals surface area contributed by atoms with Gasteiger partial charge < -0.3 is 10.6 Å². The minimum absolute atomic E-state index is 0.0324. The van der Waals surface area contributed by atoms with E-state index in [1.54, 1.807) is 11.3 Å². The number of hydrogen-bond acceptors (Lipinski definition) is 4. The van der Waals surface area contributed by atoms with E-state index in [0.717, 1.165) is 47.5 Å². The molecule has 0 aliphatic carbocycles. The summed E-state index contributed by atoms with van der Waals surface area (Å²) in [6.45, 7) is 4.24. The number of thiocarbonyl (C=S) groups is 1. The van der Waals surface area contributed by atoms with Gasteiger partial charge in [0.2, 0.25) is 5.91 Å². The summed E-state index contributed by atoms with van der Waals surface area (Å²) in [6.07, 6.45) is 4.82. The maximum Gasteiger partial charge on any atom is 0.226 e. The lowest BCUT2D eigenvalue weighted by Crippen LogP contribution is -2.33. The second kappa shape index (κ2) is 9.75. The van der Waals surface area contributed by atoms with Gasteiger partial charge in [-0.25, -0.2) is 4.98 Å². The van der Waals surface area contributed by atoms with Crippen molar-refractivity contribution in [2.24, 2.45) is 0 Å². The molecule has 0 aliphatic heterocycles. The summed E-state index contributed by atoms with van der Waals surface area (Å²) in [6, 6.07) is 14.2. The molecule has 0 atom stereocenters. The van der Waals surface area contributed by atoms with Gasteiger partial charge in [-0.3, -0.25) is 4.79 Å². The van der Waals surface area contributed by atoms with Crippen LogP contribution in [0.25, 0.3) is 20.8 Å². The fourth-order valence-corrected chi connectivity index (χ4v) is 4.22. The highest BCUT2D eigenvalue weighted by Crippen LogP contribution is 2.31. The van der Waals surface area contributed by atoms with E-state index in [1.807, 2.05) is 24.3 Å². The summed E-state index contributed by atoms with van der Waals surface area (Å²) in [5.74, 6) is -0.0324. The van der Waals surface area contributed by atoms with Crippen LogP contribution in [0, 0.1) is 6.92 Å². The molecule has 1 aromatic heterocycles. The Hall–Kier alpha value is -2.31. The van der Waals surface area contributed by atoms with Crippen molar-refractivity contribution in [2.75, 3.05) is 5.32 Å². The number of fused-ring (bicyclic) bond motifs is 1. The summed E-state index contributed by atoms with van der Waals surface area (Å²) >= 11 is 6.93. The van der Waals surface area contributed by atoms with Gasteiger partial charge in [-0.05, 0) is 67.5 Å². The fourth-order valence-electron chi connectivity index (χ4n) is 2.92. The van der Waals surface area contributed by atoms with Crippen LogP contribution >= 0.6 is 23.6 Å². The molecule has 4 nitrogen and oxygen atoms in total. The van der Waals surface area contributed by atoms with Crippen LogP contribution in [0.3, 0.4) is 0 Å². The number of carbonyl (C=O) groups is 1. The zero-order chi connectivity index (χ0) is 19.9. The molecular weight excluding hydrogens is 386 g/mol. The van der Waals surface area contributed by atoms with Crippen molar-refractivity contribution < 1.29 is 4.79 Å². The number of hydrogen-bond donors (Lipinski definition) is 2. The second-order valence-corrected chi connectivity index (χ2v) is 8.32. The maximum atomic E-state index is 11.9. The smallest absolute Gasteiger partial charge is 0.226 e. The van der Waals surface area contributed by atoms with Crippen LogP contribution < -0.4 is 10.6 Å². The van der Waals surface area contributed by atoms with Gasteiger partial charge in [0, 0.05) is 17.7 Å². The van der Waals surface area contributed by atoms with E-state index in [1.165, 1.54) is 10.3 Å². The molecule has 0 unspecified atom stereocenters. The van der Waals surface area contributed by atoms with E-state index in [0.29, 0.717) is 11.5 Å². The molecule has 1 amide bonds. The van der Waals surface area contributed by atoms with E-state index in [-0.39, 0.29) is 5.91 Å². The quantitative estimate of drug-likeness (QED) is 0.367. The summed E-state index contributed by atoms with van der Waals surface area (Å²) < 4.78 is 1.19. The Kier molecular flexibility index (Phi) is 7.12. The number of thiazole rings is 1. The highest BCUT2D eigenvalue weighted by molar-refractivity contribution is 7.80. The molecule has 0 radical (unpaired) electrons. The number of nitrogens with one attached hydrogen (secondary N) is 2. The monoisotopic (exact) mass is 411 g/mol. The van der Waals surface area contributed by atoms with Crippen molar-refractivity contribution in [1.29, 1.82) is 0 Å². The summed E-state index contributed by atoms with van der Waals surface area (Å²) in [7, 11) is 0. The van der Waals surface area contributed by atoms with E-state index in [4.69, 9.17) is 17.2 Å². The largest absolute Gasteiger partial charge is 0.332 e. The SMILES string of the molecule is CCCCCCC(=O)NC(=S)Nc1ccc(-c2nc3ccc(C)cc3s2)cc1. The Balaban J connectivity index is 1.56. The van der Waals surface area contributed by atoms with Crippen LogP contribution in [0.1, 0.15) is 44.6 Å². The Morgan fingerprint density at radius 3 is 2.64 bits per heavy atom. The van der Waals surface area contributed by atoms with Crippen molar-refractivity contribution in [3.8, 4) is 10.6 Å². The molecule has 2 aromatic carbocycles. The maximum absolute atomic E-state index is 11.9. The molecule has 0 saturated heterocycles. The van der Waals surface area contributed by atoms with Gasteiger partial charge >= 0.3 is 0 Å². The molecule has 0 saturated carbocycles. The zero-order valence-electron chi connectivity index (χ0n) is 16.2. The first-order valence-corrected chi connectivity index (χ1v) is 10.9. The Morgan fingerprint density at radius 2 is 1.89 bits per heavy atom. The number of carbonyl (C=O) groups excluding carboxylic acids is 1. The van der Waals surface area contributed by atoms with Crippen molar-refractivity contribution in [1.82, 2.24) is 10.3 Å². The molecule has 2 N–H and O–H groups in total. The minimum atomic E-state index is -0.0324. The van der Waals surface area contributed by atoms with Crippen molar-refractivity contribution >= 4 is 50.5 Å². The topological polar surface area (TPSA) is 54.0 Å². The Labute approximate surface area is 175 Å². The number of aryl methyl sites for hydroxylation is 1. The van der Waals surface area contributed by atoms with Gasteiger partial charge in [0.1, 0.15) is 5.01 Å². The third-order valence-corrected chi connectivity index (χ3v) is 5.72. The second-order valence-electron chi connectivity index (χ2n) is 6.88. The molecule has 146 valence electrons. The van der Waals surface area contributed by atoms with Gasteiger partial charge in [0.25, 0.3) is 0 Å². The van der Waals surface area contributed by atoms with Crippen molar-refractivity contribution in [2.45, 2.75) is 46.0 Å². The number of amides is 1. The summed E-state index contributed by atoms with van der Waals surface area (Å²) in [5, 5.41) is 7.15. The summed E-state index contributed by atoms with van der Waals surface area (Å²) in [4.78, 5) is 16.6. The standard InChI is InChI=1S/C22H25N3OS2/c1-3-4-5-6-7-20(26)25-22(27)23-17-11-9-16(10-12-17)21-24-18-13-8-15(2)14-19(18)28-21/h8-14H,3-7H2,1-2H3,(H2,23,25,26,27). The van der Waals surface area contributed by atoms with Crippen molar-refractivity contribution in [3.05, 3.63) is 48.0 Å². The average Bonchev–Trinajstić information content (AvgIpc) is 3.09. The predicted octanol–water partition coefficient (Wildman–Crippen LogP) is 6.06. The zero-order valence-corrected chi connectivity index (χ0v) is 17.9. The molecule has 1 heterocycles. The molecule has 0 fully saturated rings. The van der Waals surface area contributed by atoms with Crippen LogP contribution in [0.4, 0.5) is 5.69 Å². The van der Waals surface area contributed by atoms with E-state index in [2.05, 4.69) is 42.7 Å². The lowest BCUT2D eigenvalue weighted by Gasteiger charge is -2.10. The first-order valence-electron chi connectivity index (χ1n) is 9.63. The first kappa shape index (κ1) is 20.4. The Morgan fingerprint density at radius 1 is 1.11 bits per heavy atom. The Bertz CT molecular complexity index is 964. The van der Waals surface area contributed by atoms with E-state index < -0.39 is 0 Å². The third-order valence-electron chi connectivity index (χ3n) is 4.44.